The molecular weight excluding hydrogens is 499 g/mol. The Hall–Kier alpha value is -2.91. The van der Waals surface area contributed by atoms with Crippen molar-refractivity contribution in [2.75, 3.05) is 37.8 Å². The fraction of sp³-hybridized carbons (Fsp3) is 0.519. The van der Waals surface area contributed by atoms with E-state index < -0.39 is 5.82 Å². The number of pyridine rings is 1. The van der Waals surface area contributed by atoms with Crippen molar-refractivity contribution >= 4 is 29.2 Å². The van der Waals surface area contributed by atoms with Crippen LogP contribution >= 0.6 is 11.6 Å². The SMILES string of the molecule is CC1CC2(NC(=O)c3cccc(N4CCOCC4)n3)CCC1(NC(=O)COc1ccc(Cl)c(F)c1)CC2. The summed E-state index contributed by atoms with van der Waals surface area (Å²) in [6, 6.07) is 9.64. The number of benzene rings is 1. The number of nitrogens with zero attached hydrogens (tertiary/aromatic N) is 2. The largest absolute Gasteiger partial charge is 0.484 e. The fourth-order valence-corrected chi connectivity index (χ4v) is 6.05. The van der Waals surface area contributed by atoms with Gasteiger partial charge in [0.15, 0.2) is 6.61 Å². The van der Waals surface area contributed by atoms with Crippen LogP contribution < -0.4 is 20.3 Å². The predicted octanol–water partition coefficient (Wildman–Crippen LogP) is 3.73. The first-order valence-electron chi connectivity index (χ1n) is 12.8. The number of anilines is 1. The normalized spacial score (nSPS) is 27.0. The van der Waals surface area contributed by atoms with Crippen LogP contribution in [0.5, 0.6) is 5.75 Å². The quantitative estimate of drug-likeness (QED) is 0.567. The molecule has 1 aromatic heterocycles. The van der Waals surface area contributed by atoms with Crippen molar-refractivity contribution in [1.29, 1.82) is 0 Å². The van der Waals surface area contributed by atoms with Crippen molar-refractivity contribution in [2.45, 2.75) is 50.1 Å². The summed E-state index contributed by atoms with van der Waals surface area (Å²) in [6.07, 6.45) is 3.84. The lowest BCUT2D eigenvalue weighted by Gasteiger charge is -2.57. The molecule has 2 N–H and O–H groups in total. The molecule has 198 valence electrons. The molecule has 4 fully saturated rings. The molecule has 3 saturated carbocycles. The van der Waals surface area contributed by atoms with Crippen LogP contribution in [0.15, 0.2) is 36.4 Å². The summed E-state index contributed by atoms with van der Waals surface area (Å²) in [7, 11) is 0. The summed E-state index contributed by atoms with van der Waals surface area (Å²) >= 11 is 5.70. The van der Waals surface area contributed by atoms with E-state index in [0.717, 1.165) is 51.0 Å². The fourth-order valence-electron chi connectivity index (χ4n) is 5.93. The molecule has 0 radical (unpaired) electrons. The molecule has 2 aromatic rings. The van der Waals surface area contributed by atoms with Gasteiger partial charge in [0.25, 0.3) is 11.8 Å². The summed E-state index contributed by atoms with van der Waals surface area (Å²) in [5, 5.41) is 6.49. The van der Waals surface area contributed by atoms with Gasteiger partial charge in [0, 0.05) is 30.2 Å². The van der Waals surface area contributed by atoms with Crippen LogP contribution in [0.3, 0.4) is 0 Å². The maximum absolute atomic E-state index is 13.6. The number of aromatic nitrogens is 1. The Labute approximate surface area is 220 Å². The first kappa shape index (κ1) is 25.7. The number of nitrogens with one attached hydrogen (secondary N) is 2. The Kier molecular flexibility index (Phi) is 7.27. The van der Waals surface area contributed by atoms with Gasteiger partial charge in [-0.1, -0.05) is 24.6 Å². The maximum atomic E-state index is 13.6. The lowest BCUT2D eigenvalue weighted by Crippen LogP contribution is -2.67. The molecule has 4 aliphatic rings. The number of carbonyl (C=O) groups is 2. The Morgan fingerprint density at radius 1 is 1.16 bits per heavy atom. The minimum atomic E-state index is -0.590. The number of morpholine rings is 1. The molecule has 3 aliphatic carbocycles. The third-order valence-electron chi connectivity index (χ3n) is 8.07. The standard InChI is InChI=1S/C27H32ClFN4O4/c1-18-16-26(32-25(35)22-3-2-4-23(30-22)33-11-13-36-14-12-33)7-9-27(18,10-8-26)31-24(34)17-37-19-5-6-20(28)21(29)15-19/h2-6,15,18H,7-14,16-17H2,1H3,(H,31,34)(H,32,35). The third kappa shape index (κ3) is 5.52. The Balaban J connectivity index is 1.17. The van der Waals surface area contributed by atoms with Crippen LogP contribution in [0, 0.1) is 11.7 Å². The second-order valence-electron chi connectivity index (χ2n) is 10.4. The first-order valence-corrected chi connectivity index (χ1v) is 13.2. The van der Waals surface area contributed by atoms with E-state index in [1.165, 1.54) is 18.2 Å². The van der Waals surface area contributed by atoms with E-state index in [2.05, 4.69) is 27.4 Å². The number of halogens is 2. The van der Waals surface area contributed by atoms with Crippen LogP contribution in [0.1, 0.15) is 49.5 Å². The van der Waals surface area contributed by atoms with Gasteiger partial charge in [-0.3, -0.25) is 9.59 Å². The highest BCUT2D eigenvalue weighted by Crippen LogP contribution is 2.50. The van der Waals surface area contributed by atoms with Crippen molar-refractivity contribution < 1.29 is 23.5 Å². The molecule has 1 atom stereocenters. The average molecular weight is 531 g/mol. The number of amides is 2. The highest BCUT2D eigenvalue weighted by molar-refractivity contribution is 6.30. The number of fused-ring (bicyclic) bond motifs is 3. The molecule has 1 aromatic carbocycles. The Morgan fingerprint density at radius 2 is 1.92 bits per heavy atom. The molecule has 37 heavy (non-hydrogen) atoms. The molecule has 2 heterocycles. The van der Waals surface area contributed by atoms with Crippen LogP contribution in [0.4, 0.5) is 10.2 Å². The molecule has 1 unspecified atom stereocenters. The van der Waals surface area contributed by atoms with Gasteiger partial charge in [0.05, 0.1) is 18.2 Å². The van der Waals surface area contributed by atoms with Gasteiger partial charge in [-0.05, 0) is 62.3 Å². The van der Waals surface area contributed by atoms with Crippen LogP contribution in [0.25, 0.3) is 0 Å². The van der Waals surface area contributed by atoms with E-state index in [-0.39, 0.29) is 46.2 Å². The van der Waals surface area contributed by atoms with Crippen molar-refractivity contribution in [2.24, 2.45) is 5.92 Å². The van der Waals surface area contributed by atoms with E-state index in [1.54, 1.807) is 6.07 Å². The van der Waals surface area contributed by atoms with Crippen LogP contribution in [-0.4, -0.2) is 60.8 Å². The predicted molar refractivity (Wildman–Crippen MR) is 137 cm³/mol. The summed E-state index contributed by atoms with van der Waals surface area (Å²) in [6.45, 7) is 4.74. The Bertz CT molecular complexity index is 1160. The second-order valence-corrected chi connectivity index (χ2v) is 10.8. The van der Waals surface area contributed by atoms with Gasteiger partial charge in [-0.25, -0.2) is 9.37 Å². The highest BCUT2D eigenvalue weighted by atomic mass is 35.5. The summed E-state index contributed by atoms with van der Waals surface area (Å²) in [5.41, 5.74) is -0.235. The van der Waals surface area contributed by atoms with Gasteiger partial charge >= 0.3 is 0 Å². The summed E-state index contributed by atoms with van der Waals surface area (Å²) in [4.78, 5) is 32.7. The van der Waals surface area contributed by atoms with Crippen LogP contribution in [0.2, 0.25) is 5.02 Å². The lowest BCUT2D eigenvalue weighted by molar-refractivity contribution is -0.128. The van der Waals surface area contributed by atoms with E-state index >= 15 is 0 Å². The van der Waals surface area contributed by atoms with Gasteiger partial charge in [-0.15, -0.1) is 0 Å². The number of ether oxygens (including phenoxy) is 2. The van der Waals surface area contributed by atoms with Crippen molar-refractivity contribution in [3.05, 3.63) is 52.9 Å². The van der Waals surface area contributed by atoms with Crippen molar-refractivity contribution in [3.8, 4) is 5.75 Å². The van der Waals surface area contributed by atoms with Gasteiger partial charge in [-0.2, -0.15) is 0 Å². The third-order valence-corrected chi connectivity index (χ3v) is 8.38. The molecule has 1 saturated heterocycles. The van der Waals surface area contributed by atoms with E-state index in [9.17, 15) is 14.0 Å². The van der Waals surface area contributed by atoms with Gasteiger partial charge in [0.2, 0.25) is 0 Å². The van der Waals surface area contributed by atoms with Gasteiger partial charge in [0.1, 0.15) is 23.1 Å². The smallest absolute Gasteiger partial charge is 0.270 e. The zero-order chi connectivity index (χ0) is 26.0. The molecule has 10 heteroatoms. The minimum Gasteiger partial charge on any atom is -0.484 e. The number of rotatable bonds is 7. The first-order chi connectivity index (χ1) is 17.8. The maximum Gasteiger partial charge on any atom is 0.270 e. The summed E-state index contributed by atoms with van der Waals surface area (Å²) in [5.74, 6) is 0.212. The molecule has 0 spiro atoms. The monoisotopic (exact) mass is 530 g/mol. The average Bonchev–Trinajstić information content (AvgIpc) is 2.91. The highest BCUT2D eigenvalue weighted by Gasteiger charge is 2.54. The molecule has 1 aliphatic heterocycles. The second kappa shape index (κ2) is 10.5. The van der Waals surface area contributed by atoms with Crippen LogP contribution in [-0.2, 0) is 9.53 Å². The number of hydrogen-bond acceptors (Lipinski definition) is 6. The number of hydrogen-bond donors (Lipinski definition) is 2. The Morgan fingerprint density at radius 3 is 2.62 bits per heavy atom. The number of carbonyl (C=O) groups excluding carboxylic acids is 2. The zero-order valence-corrected chi connectivity index (χ0v) is 21.7. The van der Waals surface area contributed by atoms with Crippen molar-refractivity contribution in [1.82, 2.24) is 15.6 Å². The molecule has 6 rings (SSSR count). The van der Waals surface area contributed by atoms with Gasteiger partial charge < -0.3 is 25.0 Å². The van der Waals surface area contributed by atoms with E-state index in [0.29, 0.717) is 18.9 Å². The van der Waals surface area contributed by atoms with Crippen molar-refractivity contribution in [3.63, 3.8) is 0 Å². The van der Waals surface area contributed by atoms with E-state index in [1.807, 2.05) is 12.1 Å². The lowest BCUT2D eigenvalue weighted by atomic mass is 9.56. The zero-order valence-electron chi connectivity index (χ0n) is 20.9. The molecular formula is C27H32ClFN4O4. The minimum absolute atomic E-state index is 0.00471. The molecule has 8 nitrogen and oxygen atoms in total. The van der Waals surface area contributed by atoms with E-state index in [4.69, 9.17) is 21.1 Å². The molecule has 2 amide bonds. The molecule has 2 bridgehead atoms. The summed E-state index contributed by atoms with van der Waals surface area (Å²) < 4.78 is 24.5. The topological polar surface area (TPSA) is 92.8 Å².